The number of aryl methyl sites for hydroxylation is 2. The molecule has 0 spiro atoms. The Morgan fingerprint density at radius 1 is 1.42 bits per heavy atom. The quantitative estimate of drug-likeness (QED) is 0.857. The van der Waals surface area contributed by atoms with Gasteiger partial charge >= 0.3 is 6.03 Å². The molecular weight excluding hydrogens is 332 g/mol. The zero-order chi connectivity index (χ0) is 18.5. The molecule has 0 radical (unpaired) electrons. The Balaban J connectivity index is 1.48. The minimum atomic E-state index is -0.0378. The van der Waals surface area contributed by atoms with Gasteiger partial charge in [0.15, 0.2) is 5.82 Å². The summed E-state index contributed by atoms with van der Waals surface area (Å²) in [6.45, 7) is 5.18. The molecule has 26 heavy (non-hydrogen) atoms. The summed E-state index contributed by atoms with van der Waals surface area (Å²) in [4.78, 5) is 18.7. The smallest absolute Gasteiger partial charge is 0.317 e. The molecular formula is C19H26N4O3. The van der Waals surface area contributed by atoms with E-state index < -0.39 is 0 Å². The second-order valence-corrected chi connectivity index (χ2v) is 7.02. The number of piperidine rings is 1. The number of nitrogens with one attached hydrogen (secondary N) is 1. The van der Waals surface area contributed by atoms with Crippen LogP contribution in [0.25, 0.3) is 0 Å². The van der Waals surface area contributed by atoms with Gasteiger partial charge in [0.2, 0.25) is 5.89 Å². The number of likely N-dealkylation sites (tertiary alicyclic amines) is 1. The lowest BCUT2D eigenvalue weighted by Crippen LogP contribution is -2.47. The third-order valence-corrected chi connectivity index (χ3v) is 4.77. The average molecular weight is 358 g/mol. The van der Waals surface area contributed by atoms with Crippen molar-refractivity contribution in [1.82, 2.24) is 20.4 Å². The van der Waals surface area contributed by atoms with Crippen LogP contribution >= 0.6 is 0 Å². The summed E-state index contributed by atoms with van der Waals surface area (Å²) in [5, 5.41) is 16.3. The summed E-state index contributed by atoms with van der Waals surface area (Å²) in [5.74, 6) is 1.64. The highest BCUT2D eigenvalue weighted by molar-refractivity contribution is 5.74. The molecule has 140 valence electrons. The number of carbonyl (C=O) groups is 1. The number of urea groups is 1. The molecule has 0 bridgehead atoms. The summed E-state index contributed by atoms with van der Waals surface area (Å²) < 4.78 is 5.27. The third kappa shape index (κ3) is 4.74. The normalized spacial score (nSPS) is 18.5. The number of amides is 2. The summed E-state index contributed by atoms with van der Waals surface area (Å²) >= 11 is 0. The van der Waals surface area contributed by atoms with Crippen molar-refractivity contribution in [2.45, 2.75) is 51.5 Å². The number of aromatic hydroxyl groups is 1. The molecule has 1 aromatic carbocycles. The Hall–Kier alpha value is -2.57. The Kier molecular flexibility index (Phi) is 5.75. The number of carbonyl (C=O) groups excluding carboxylic acids is 1. The molecule has 2 N–H and O–H groups in total. The van der Waals surface area contributed by atoms with Gasteiger partial charge in [0, 0.05) is 19.1 Å². The first-order valence-electron chi connectivity index (χ1n) is 9.15. The fourth-order valence-electron chi connectivity index (χ4n) is 3.26. The Bertz CT molecular complexity index is 729. The van der Waals surface area contributed by atoms with E-state index in [-0.39, 0.29) is 23.7 Å². The van der Waals surface area contributed by atoms with Crippen molar-refractivity contribution in [3.8, 4) is 5.75 Å². The van der Waals surface area contributed by atoms with Gasteiger partial charge in [0.05, 0.1) is 5.92 Å². The molecule has 1 aliphatic heterocycles. The zero-order valence-corrected chi connectivity index (χ0v) is 15.3. The standard InChI is InChI=1S/C19H26N4O3/c1-13(5-6-15-7-9-17(24)10-8-15)20-19(25)23-11-3-4-16(12-23)18-21-14(2)22-26-18/h7-10,13,16,24H,3-6,11-12H2,1-2H3,(H,20,25)/t13-,16-/m1/s1. The van der Waals surface area contributed by atoms with E-state index in [0.717, 1.165) is 37.8 Å². The molecule has 7 heteroatoms. The van der Waals surface area contributed by atoms with Crippen LogP contribution in [0.15, 0.2) is 28.8 Å². The van der Waals surface area contributed by atoms with Gasteiger partial charge in [-0.25, -0.2) is 4.79 Å². The number of hydrogen-bond donors (Lipinski definition) is 2. The molecule has 3 rings (SSSR count). The first kappa shape index (κ1) is 18.2. The van der Waals surface area contributed by atoms with Crippen LogP contribution in [0.4, 0.5) is 4.79 Å². The minimum absolute atomic E-state index is 0.0378. The summed E-state index contributed by atoms with van der Waals surface area (Å²) in [7, 11) is 0. The van der Waals surface area contributed by atoms with E-state index >= 15 is 0 Å². The van der Waals surface area contributed by atoms with Gasteiger partial charge in [-0.1, -0.05) is 17.3 Å². The van der Waals surface area contributed by atoms with Crippen molar-refractivity contribution in [2.75, 3.05) is 13.1 Å². The number of aromatic nitrogens is 2. The average Bonchev–Trinajstić information content (AvgIpc) is 3.08. The Labute approximate surface area is 153 Å². The van der Waals surface area contributed by atoms with E-state index in [4.69, 9.17) is 4.52 Å². The lowest BCUT2D eigenvalue weighted by molar-refractivity contribution is 0.169. The number of rotatable bonds is 5. The number of hydrogen-bond acceptors (Lipinski definition) is 5. The fraction of sp³-hybridized carbons (Fsp3) is 0.526. The molecule has 2 amide bonds. The topological polar surface area (TPSA) is 91.5 Å². The van der Waals surface area contributed by atoms with E-state index in [9.17, 15) is 9.90 Å². The summed E-state index contributed by atoms with van der Waals surface area (Å²) in [5.41, 5.74) is 1.15. The first-order chi connectivity index (χ1) is 12.5. The first-order valence-corrected chi connectivity index (χ1v) is 9.15. The maximum atomic E-state index is 12.6. The molecule has 0 unspecified atom stereocenters. The number of phenols is 1. The molecule has 1 saturated heterocycles. The maximum absolute atomic E-state index is 12.6. The molecule has 2 atom stereocenters. The third-order valence-electron chi connectivity index (χ3n) is 4.77. The molecule has 0 saturated carbocycles. The van der Waals surface area contributed by atoms with Crippen LogP contribution in [0, 0.1) is 6.92 Å². The van der Waals surface area contributed by atoms with Gasteiger partial charge < -0.3 is 19.8 Å². The van der Waals surface area contributed by atoms with E-state index in [1.807, 2.05) is 24.0 Å². The zero-order valence-electron chi connectivity index (χ0n) is 15.3. The van der Waals surface area contributed by atoms with Crippen LogP contribution in [0.3, 0.4) is 0 Å². The molecule has 1 fully saturated rings. The molecule has 1 aliphatic rings. The molecule has 0 aliphatic carbocycles. The molecule has 2 heterocycles. The predicted molar refractivity (Wildman–Crippen MR) is 97.0 cm³/mol. The predicted octanol–water partition coefficient (Wildman–Crippen LogP) is 2.99. The van der Waals surface area contributed by atoms with Crippen molar-refractivity contribution in [3.05, 3.63) is 41.5 Å². The van der Waals surface area contributed by atoms with E-state index in [1.54, 1.807) is 19.1 Å². The van der Waals surface area contributed by atoms with Crippen LogP contribution < -0.4 is 5.32 Å². The van der Waals surface area contributed by atoms with Crippen LogP contribution in [0.1, 0.15) is 49.4 Å². The maximum Gasteiger partial charge on any atom is 0.317 e. The van der Waals surface area contributed by atoms with Crippen molar-refractivity contribution >= 4 is 6.03 Å². The Morgan fingerprint density at radius 2 is 2.19 bits per heavy atom. The SMILES string of the molecule is Cc1noc([C@@H]2CCCN(C(=O)N[C@H](C)CCc3ccc(O)cc3)C2)n1. The Morgan fingerprint density at radius 3 is 2.88 bits per heavy atom. The van der Waals surface area contributed by atoms with Gasteiger partial charge in [0.25, 0.3) is 0 Å². The summed E-state index contributed by atoms with van der Waals surface area (Å²) in [6.07, 6.45) is 3.59. The second kappa shape index (κ2) is 8.21. The van der Waals surface area contributed by atoms with E-state index in [2.05, 4.69) is 15.5 Å². The van der Waals surface area contributed by atoms with Crippen LogP contribution in [-0.4, -0.2) is 45.3 Å². The molecule has 1 aromatic heterocycles. The van der Waals surface area contributed by atoms with Crippen LogP contribution in [-0.2, 0) is 6.42 Å². The van der Waals surface area contributed by atoms with Crippen molar-refractivity contribution < 1.29 is 14.4 Å². The monoisotopic (exact) mass is 358 g/mol. The number of phenolic OH excluding ortho intramolecular Hbond substituents is 1. The van der Waals surface area contributed by atoms with E-state index in [1.165, 1.54) is 0 Å². The molecule has 7 nitrogen and oxygen atoms in total. The second-order valence-electron chi connectivity index (χ2n) is 7.02. The molecule has 2 aromatic rings. The van der Waals surface area contributed by atoms with Gasteiger partial charge in [-0.2, -0.15) is 4.98 Å². The highest BCUT2D eigenvalue weighted by Gasteiger charge is 2.28. The van der Waals surface area contributed by atoms with Gasteiger partial charge in [-0.05, 0) is 57.2 Å². The van der Waals surface area contributed by atoms with Crippen molar-refractivity contribution in [2.24, 2.45) is 0 Å². The minimum Gasteiger partial charge on any atom is -0.508 e. The van der Waals surface area contributed by atoms with Gasteiger partial charge in [0.1, 0.15) is 5.75 Å². The lowest BCUT2D eigenvalue weighted by Gasteiger charge is -2.32. The van der Waals surface area contributed by atoms with Gasteiger partial charge in [-0.3, -0.25) is 0 Å². The lowest BCUT2D eigenvalue weighted by atomic mass is 9.98. The van der Waals surface area contributed by atoms with Crippen LogP contribution in [0.2, 0.25) is 0 Å². The number of benzene rings is 1. The van der Waals surface area contributed by atoms with E-state index in [0.29, 0.717) is 18.3 Å². The fourth-order valence-corrected chi connectivity index (χ4v) is 3.26. The number of nitrogens with zero attached hydrogens (tertiary/aromatic N) is 3. The highest BCUT2D eigenvalue weighted by Crippen LogP contribution is 2.25. The van der Waals surface area contributed by atoms with Crippen LogP contribution in [0.5, 0.6) is 5.75 Å². The largest absolute Gasteiger partial charge is 0.508 e. The van der Waals surface area contributed by atoms with Crippen molar-refractivity contribution in [1.29, 1.82) is 0 Å². The van der Waals surface area contributed by atoms with Crippen molar-refractivity contribution in [3.63, 3.8) is 0 Å². The van der Waals surface area contributed by atoms with Gasteiger partial charge in [-0.15, -0.1) is 0 Å². The summed E-state index contributed by atoms with van der Waals surface area (Å²) in [6, 6.07) is 7.22. The highest BCUT2D eigenvalue weighted by atomic mass is 16.5.